The van der Waals surface area contributed by atoms with Gasteiger partial charge in [0, 0.05) is 11.8 Å². The number of rotatable bonds is 3. The van der Waals surface area contributed by atoms with Crippen LogP contribution in [0.4, 0.5) is 0 Å². The van der Waals surface area contributed by atoms with Crippen molar-refractivity contribution in [1.82, 2.24) is 0 Å². The summed E-state index contributed by atoms with van der Waals surface area (Å²) in [5.74, 6) is 0.0335. The molecule has 0 aromatic heterocycles. The molecule has 1 unspecified atom stereocenters. The second-order valence-corrected chi connectivity index (χ2v) is 4.91. The van der Waals surface area contributed by atoms with Gasteiger partial charge in [-0.1, -0.05) is 27.2 Å². The highest BCUT2D eigenvalue weighted by Crippen LogP contribution is 2.36. The molecule has 1 aliphatic carbocycles. The van der Waals surface area contributed by atoms with Crippen molar-refractivity contribution in [2.24, 2.45) is 11.3 Å². The second kappa shape index (κ2) is 4.24. The monoisotopic (exact) mass is 196 g/mol. The van der Waals surface area contributed by atoms with Crippen LogP contribution in [0.2, 0.25) is 0 Å². The number of hydrogen-bond acceptors (Lipinski definition) is 2. The van der Waals surface area contributed by atoms with E-state index in [9.17, 15) is 9.59 Å². The van der Waals surface area contributed by atoms with Crippen molar-refractivity contribution in [3.05, 3.63) is 0 Å². The molecule has 2 nitrogen and oxygen atoms in total. The van der Waals surface area contributed by atoms with Crippen LogP contribution in [0.5, 0.6) is 0 Å². The van der Waals surface area contributed by atoms with Gasteiger partial charge in [0.05, 0.1) is 5.92 Å². The lowest BCUT2D eigenvalue weighted by Crippen LogP contribution is -2.39. The average molecular weight is 196 g/mol. The molecule has 80 valence electrons. The third-order valence-corrected chi connectivity index (χ3v) is 3.16. The zero-order chi connectivity index (χ0) is 10.8. The largest absolute Gasteiger partial charge is 0.299 e. The molecule has 1 fully saturated rings. The Morgan fingerprint density at radius 2 is 2.14 bits per heavy atom. The standard InChI is InChI=1S/C12H20O2/c1-4-6-10(13)9-7-5-8-12(2,3)11(9)14/h9H,4-8H2,1-3H3. The second-order valence-electron chi connectivity index (χ2n) is 4.91. The van der Waals surface area contributed by atoms with E-state index in [-0.39, 0.29) is 22.9 Å². The highest BCUT2D eigenvalue weighted by molar-refractivity contribution is 6.05. The predicted octanol–water partition coefficient (Wildman–Crippen LogP) is 2.75. The summed E-state index contributed by atoms with van der Waals surface area (Å²) >= 11 is 0. The summed E-state index contributed by atoms with van der Waals surface area (Å²) in [5, 5.41) is 0. The Hall–Kier alpha value is -0.660. The summed E-state index contributed by atoms with van der Waals surface area (Å²) in [6, 6.07) is 0. The Balaban J connectivity index is 2.70. The van der Waals surface area contributed by atoms with Crippen LogP contribution in [0.25, 0.3) is 0 Å². The smallest absolute Gasteiger partial charge is 0.148 e. The summed E-state index contributed by atoms with van der Waals surface area (Å²) in [6.07, 6.45) is 4.14. The number of hydrogen-bond donors (Lipinski definition) is 0. The quantitative estimate of drug-likeness (QED) is 0.650. The molecule has 0 bridgehead atoms. The molecule has 0 heterocycles. The number of ketones is 2. The van der Waals surface area contributed by atoms with E-state index in [1.807, 2.05) is 20.8 Å². The minimum Gasteiger partial charge on any atom is -0.299 e. The Labute approximate surface area is 86.1 Å². The van der Waals surface area contributed by atoms with Gasteiger partial charge in [0.1, 0.15) is 11.6 Å². The lowest BCUT2D eigenvalue weighted by atomic mass is 9.69. The Morgan fingerprint density at radius 1 is 1.50 bits per heavy atom. The van der Waals surface area contributed by atoms with Gasteiger partial charge in [-0.15, -0.1) is 0 Å². The van der Waals surface area contributed by atoms with Gasteiger partial charge in [-0.05, 0) is 19.3 Å². The van der Waals surface area contributed by atoms with Crippen molar-refractivity contribution in [2.45, 2.75) is 52.9 Å². The third-order valence-electron chi connectivity index (χ3n) is 3.16. The van der Waals surface area contributed by atoms with Crippen LogP contribution in [-0.2, 0) is 9.59 Å². The molecule has 1 rings (SSSR count). The van der Waals surface area contributed by atoms with Gasteiger partial charge >= 0.3 is 0 Å². The lowest BCUT2D eigenvalue weighted by Gasteiger charge is -2.32. The molecule has 0 radical (unpaired) electrons. The van der Waals surface area contributed by atoms with E-state index in [2.05, 4.69) is 0 Å². The van der Waals surface area contributed by atoms with E-state index in [4.69, 9.17) is 0 Å². The molecule has 0 spiro atoms. The van der Waals surface area contributed by atoms with E-state index in [1.165, 1.54) is 0 Å². The molecule has 0 aromatic rings. The van der Waals surface area contributed by atoms with Gasteiger partial charge in [-0.3, -0.25) is 9.59 Å². The average Bonchev–Trinajstić information content (AvgIpc) is 2.10. The predicted molar refractivity (Wildman–Crippen MR) is 56.0 cm³/mol. The van der Waals surface area contributed by atoms with Crippen LogP contribution < -0.4 is 0 Å². The van der Waals surface area contributed by atoms with E-state index in [1.54, 1.807) is 0 Å². The normalized spacial score (nSPS) is 26.2. The summed E-state index contributed by atoms with van der Waals surface area (Å²) < 4.78 is 0. The third kappa shape index (κ3) is 2.23. The molecule has 0 aliphatic heterocycles. The van der Waals surface area contributed by atoms with Gasteiger partial charge in [-0.2, -0.15) is 0 Å². The molecule has 1 saturated carbocycles. The number of carbonyl (C=O) groups excluding carboxylic acids is 2. The summed E-state index contributed by atoms with van der Waals surface area (Å²) in [6.45, 7) is 5.90. The fraction of sp³-hybridized carbons (Fsp3) is 0.833. The van der Waals surface area contributed by atoms with Gasteiger partial charge in [0.15, 0.2) is 0 Å². The Morgan fingerprint density at radius 3 is 2.71 bits per heavy atom. The summed E-state index contributed by atoms with van der Waals surface area (Å²) in [4.78, 5) is 23.6. The minimum absolute atomic E-state index is 0.158. The van der Waals surface area contributed by atoms with Crippen LogP contribution in [0, 0.1) is 11.3 Å². The fourth-order valence-electron chi connectivity index (χ4n) is 2.20. The van der Waals surface area contributed by atoms with Gasteiger partial charge in [0.25, 0.3) is 0 Å². The fourth-order valence-corrected chi connectivity index (χ4v) is 2.20. The van der Waals surface area contributed by atoms with Gasteiger partial charge in [0.2, 0.25) is 0 Å². The number of carbonyl (C=O) groups is 2. The molecule has 0 amide bonds. The molecule has 0 aromatic carbocycles. The maximum Gasteiger partial charge on any atom is 0.148 e. The van der Waals surface area contributed by atoms with Gasteiger partial charge < -0.3 is 0 Å². The zero-order valence-corrected chi connectivity index (χ0v) is 9.43. The van der Waals surface area contributed by atoms with Crippen molar-refractivity contribution < 1.29 is 9.59 Å². The van der Waals surface area contributed by atoms with Crippen LogP contribution in [0.15, 0.2) is 0 Å². The van der Waals surface area contributed by atoms with E-state index >= 15 is 0 Å². The number of Topliss-reactive ketones (excluding diaryl/α,β-unsaturated/α-hetero) is 2. The SMILES string of the molecule is CCCC(=O)C1CCCC(C)(C)C1=O. The van der Waals surface area contributed by atoms with E-state index < -0.39 is 0 Å². The van der Waals surface area contributed by atoms with Crippen molar-refractivity contribution >= 4 is 11.6 Å². The van der Waals surface area contributed by atoms with E-state index in [0.717, 1.165) is 25.7 Å². The molecule has 1 atom stereocenters. The first-order valence-electron chi connectivity index (χ1n) is 5.56. The summed E-state index contributed by atoms with van der Waals surface area (Å²) in [5.41, 5.74) is -0.272. The van der Waals surface area contributed by atoms with Crippen LogP contribution in [0.1, 0.15) is 52.9 Å². The molecule has 0 N–H and O–H groups in total. The Bertz CT molecular complexity index is 241. The first-order chi connectivity index (χ1) is 6.49. The highest BCUT2D eigenvalue weighted by atomic mass is 16.2. The molecular weight excluding hydrogens is 176 g/mol. The maximum atomic E-state index is 11.9. The van der Waals surface area contributed by atoms with Gasteiger partial charge in [-0.25, -0.2) is 0 Å². The molecule has 14 heavy (non-hydrogen) atoms. The molecule has 0 saturated heterocycles. The van der Waals surface area contributed by atoms with Crippen LogP contribution >= 0.6 is 0 Å². The highest BCUT2D eigenvalue weighted by Gasteiger charge is 2.39. The van der Waals surface area contributed by atoms with Crippen molar-refractivity contribution in [1.29, 1.82) is 0 Å². The maximum absolute atomic E-state index is 11.9. The van der Waals surface area contributed by atoms with Crippen molar-refractivity contribution in [3.8, 4) is 0 Å². The first kappa shape index (κ1) is 11.4. The van der Waals surface area contributed by atoms with Crippen molar-refractivity contribution in [2.75, 3.05) is 0 Å². The van der Waals surface area contributed by atoms with Crippen LogP contribution in [-0.4, -0.2) is 11.6 Å². The lowest BCUT2D eigenvalue weighted by molar-refractivity contribution is -0.141. The molecule has 1 aliphatic rings. The first-order valence-corrected chi connectivity index (χ1v) is 5.56. The molecule has 2 heteroatoms. The van der Waals surface area contributed by atoms with E-state index in [0.29, 0.717) is 6.42 Å². The zero-order valence-electron chi connectivity index (χ0n) is 9.43. The van der Waals surface area contributed by atoms with Crippen LogP contribution in [0.3, 0.4) is 0 Å². The topological polar surface area (TPSA) is 34.1 Å². The summed E-state index contributed by atoms with van der Waals surface area (Å²) in [7, 11) is 0. The Kier molecular flexibility index (Phi) is 3.46. The van der Waals surface area contributed by atoms with Crippen molar-refractivity contribution in [3.63, 3.8) is 0 Å². The minimum atomic E-state index is -0.293. The molecular formula is C12H20O2.